The summed E-state index contributed by atoms with van der Waals surface area (Å²) < 4.78 is 5.23. The molecule has 1 aromatic rings. The molecule has 1 heterocycles. The van der Waals surface area contributed by atoms with Gasteiger partial charge in [-0.3, -0.25) is 0 Å². The number of aromatic nitrogens is 2. The first-order chi connectivity index (χ1) is 8.49. The van der Waals surface area contributed by atoms with Gasteiger partial charge in [-0.25, -0.2) is 9.97 Å². The molecule has 5 heteroatoms. The Hall–Kier alpha value is -0.870. The Morgan fingerprint density at radius 3 is 2.50 bits per heavy atom. The molecule has 0 saturated heterocycles. The van der Waals surface area contributed by atoms with E-state index in [0.29, 0.717) is 17.7 Å². The average molecular weight is 272 g/mol. The van der Waals surface area contributed by atoms with Gasteiger partial charge in [0.15, 0.2) is 0 Å². The molecule has 0 bridgehead atoms. The van der Waals surface area contributed by atoms with Crippen molar-refractivity contribution in [1.29, 1.82) is 0 Å². The van der Waals surface area contributed by atoms with Gasteiger partial charge in [-0.05, 0) is 12.8 Å². The Bertz CT molecular complexity index is 396. The number of anilines is 1. The maximum Gasteiger partial charge on any atom is 0.137 e. The summed E-state index contributed by atoms with van der Waals surface area (Å²) in [5.74, 6) is 2.01. The minimum absolute atomic E-state index is 0.212. The number of halogens is 1. The van der Waals surface area contributed by atoms with Crippen LogP contribution in [0.3, 0.4) is 0 Å². The number of nitrogens with zero attached hydrogens (tertiary/aromatic N) is 2. The van der Waals surface area contributed by atoms with E-state index in [1.165, 1.54) is 0 Å². The second kappa shape index (κ2) is 6.90. The van der Waals surface area contributed by atoms with Gasteiger partial charge >= 0.3 is 0 Å². The summed E-state index contributed by atoms with van der Waals surface area (Å²) in [5, 5.41) is 3.92. The minimum Gasteiger partial charge on any atom is -0.383 e. The van der Waals surface area contributed by atoms with E-state index in [1.807, 2.05) is 13.8 Å². The van der Waals surface area contributed by atoms with Gasteiger partial charge in [0.05, 0.1) is 12.6 Å². The number of rotatable bonds is 6. The number of nitrogens with one attached hydrogen (secondary N) is 1. The summed E-state index contributed by atoms with van der Waals surface area (Å²) >= 11 is 6.12. The van der Waals surface area contributed by atoms with Crippen LogP contribution in [-0.2, 0) is 11.2 Å². The van der Waals surface area contributed by atoms with E-state index in [9.17, 15) is 0 Å². The average Bonchev–Trinajstić information content (AvgIpc) is 2.33. The van der Waals surface area contributed by atoms with Gasteiger partial charge in [-0.2, -0.15) is 0 Å². The van der Waals surface area contributed by atoms with Gasteiger partial charge in [-0.15, -0.1) is 0 Å². The largest absolute Gasteiger partial charge is 0.383 e. The molecule has 0 radical (unpaired) electrons. The van der Waals surface area contributed by atoms with Crippen LogP contribution < -0.4 is 5.32 Å². The van der Waals surface area contributed by atoms with Crippen LogP contribution in [0.15, 0.2) is 0 Å². The SMILES string of the molecule is CCc1nc(Cl)c(C)c(NC(COC)C(C)C)n1. The Morgan fingerprint density at radius 2 is 2.00 bits per heavy atom. The lowest BCUT2D eigenvalue weighted by atomic mass is 10.1. The van der Waals surface area contributed by atoms with Crippen molar-refractivity contribution in [2.45, 2.75) is 40.2 Å². The maximum atomic E-state index is 6.12. The molecular weight excluding hydrogens is 250 g/mol. The third-order valence-electron chi connectivity index (χ3n) is 2.92. The quantitative estimate of drug-likeness (QED) is 0.808. The molecule has 1 unspecified atom stereocenters. The van der Waals surface area contributed by atoms with Crippen molar-refractivity contribution >= 4 is 17.4 Å². The lowest BCUT2D eigenvalue weighted by Gasteiger charge is -2.23. The van der Waals surface area contributed by atoms with Gasteiger partial charge < -0.3 is 10.1 Å². The van der Waals surface area contributed by atoms with E-state index in [4.69, 9.17) is 16.3 Å². The zero-order valence-corrected chi connectivity index (χ0v) is 12.5. The van der Waals surface area contributed by atoms with Crippen molar-refractivity contribution in [2.24, 2.45) is 5.92 Å². The van der Waals surface area contributed by atoms with Crippen molar-refractivity contribution in [3.63, 3.8) is 0 Å². The number of hydrogen-bond acceptors (Lipinski definition) is 4. The molecule has 0 aliphatic rings. The van der Waals surface area contributed by atoms with Crippen molar-refractivity contribution in [3.05, 3.63) is 16.5 Å². The lowest BCUT2D eigenvalue weighted by molar-refractivity contribution is 0.171. The number of hydrogen-bond donors (Lipinski definition) is 1. The maximum absolute atomic E-state index is 6.12. The summed E-state index contributed by atoms with van der Waals surface area (Å²) in [5.41, 5.74) is 0.885. The summed E-state index contributed by atoms with van der Waals surface area (Å²) in [4.78, 5) is 8.73. The minimum atomic E-state index is 0.212. The monoisotopic (exact) mass is 271 g/mol. The van der Waals surface area contributed by atoms with Gasteiger partial charge in [0.1, 0.15) is 16.8 Å². The first kappa shape index (κ1) is 15.2. The number of ether oxygens (including phenoxy) is 1. The predicted molar refractivity (Wildman–Crippen MR) is 75.3 cm³/mol. The van der Waals surface area contributed by atoms with Gasteiger partial charge in [0, 0.05) is 19.1 Å². The lowest BCUT2D eigenvalue weighted by Crippen LogP contribution is -2.31. The summed E-state index contributed by atoms with van der Waals surface area (Å²) in [6.07, 6.45) is 0.769. The number of methoxy groups -OCH3 is 1. The van der Waals surface area contributed by atoms with Crippen LogP contribution in [0, 0.1) is 12.8 Å². The van der Waals surface area contributed by atoms with Gasteiger partial charge in [0.2, 0.25) is 0 Å². The summed E-state index contributed by atoms with van der Waals surface area (Å²) in [6.45, 7) is 8.87. The van der Waals surface area contributed by atoms with E-state index < -0.39 is 0 Å². The smallest absolute Gasteiger partial charge is 0.137 e. The van der Waals surface area contributed by atoms with Crippen molar-refractivity contribution in [1.82, 2.24) is 9.97 Å². The second-order valence-electron chi connectivity index (χ2n) is 4.71. The molecule has 1 N–H and O–H groups in total. The topological polar surface area (TPSA) is 47.0 Å². The molecular formula is C13H22ClN3O. The first-order valence-electron chi connectivity index (χ1n) is 6.28. The molecule has 18 heavy (non-hydrogen) atoms. The highest BCUT2D eigenvalue weighted by Gasteiger charge is 2.16. The highest BCUT2D eigenvalue weighted by atomic mass is 35.5. The third kappa shape index (κ3) is 3.82. The zero-order valence-electron chi connectivity index (χ0n) is 11.7. The Kier molecular flexibility index (Phi) is 5.82. The van der Waals surface area contributed by atoms with E-state index >= 15 is 0 Å². The standard InChI is InChI=1S/C13H22ClN3O/c1-6-11-16-12(14)9(4)13(17-11)15-10(7-18-5)8(2)3/h8,10H,6-7H2,1-5H3,(H,15,16,17). The van der Waals surface area contributed by atoms with Crippen LogP contribution in [0.2, 0.25) is 5.15 Å². The van der Waals surface area contributed by atoms with E-state index in [0.717, 1.165) is 23.6 Å². The van der Waals surface area contributed by atoms with Crippen LogP contribution in [-0.4, -0.2) is 29.7 Å². The molecule has 0 spiro atoms. The molecule has 0 fully saturated rings. The summed E-state index contributed by atoms with van der Waals surface area (Å²) in [7, 11) is 1.70. The molecule has 4 nitrogen and oxygen atoms in total. The van der Waals surface area contributed by atoms with Crippen LogP contribution in [0.25, 0.3) is 0 Å². The highest BCUT2D eigenvalue weighted by molar-refractivity contribution is 6.30. The predicted octanol–water partition coefficient (Wildman–Crippen LogP) is 3.08. The molecule has 0 aliphatic carbocycles. The Balaban J connectivity index is 2.97. The first-order valence-corrected chi connectivity index (χ1v) is 6.65. The van der Waals surface area contributed by atoms with Gasteiger partial charge in [0.25, 0.3) is 0 Å². The van der Waals surface area contributed by atoms with Crippen molar-refractivity contribution < 1.29 is 4.74 Å². The fourth-order valence-electron chi connectivity index (χ4n) is 1.59. The van der Waals surface area contributed by atoms with Crippen LogP contribution in [0.1, 0.15) is 32.2 Å². The molecule has 1 aromatic heterocycles. The van der Waals surface area contributed by atoms with Crippen LogP contribution in [0.5, 0.6) is 0 Å². The van der Waals surface area contributed by atoms with Crippen LogP contribution >= 0.6 is 11.6 Å². The van der Waals surface area contributed by atoms with E-state index in [-0.39, 0.29) is 6.04 Å². The van der Waals surface area contributed by atoms with Crippen molar-refractivity contribution in [2.75, 3.05) is 19.0 Å². The second-order valence-corrected chi connectivity index (χ2v) is 5.07. The van der Waals surface area contributed by atoms with Gasteiger partial charge in [-0.1, -0.05) is 32.4 Å². The molecule has 0 aliphatic heterocycles. The van der Waals surface area contributed by atoms with E-state index in [1.54, 1.807) is 7.11 Å². The van der Waals surface area contributed by atoms with Crippen LogP contribution in [0.4, 0.5) is 5.82 Å². The molecule has 0 amide bonds. The fourth-order valence-corrected chi connectivity index (χ4v) is 1.77. The number of aryl methyl sites for hydroxylation is 1. The zero-order chi connectivity index (χ0) is 13.7. The normalized spacial score (nSPS) is 12.8. The Morgan fingerprint density at radius 1 is 1.33 bits per heavy atom. The fraction of sp³-hybridized carbons (Fsp3) is 0.692. The highest BCUT2D eigenvalue weighted by Crippen LogP contribution is 2.22. The third-order valence-corrected chi connectivity index (χ3v) is 3.29. The molecule has 1 atom stereocenters. The molecule has 1 rings (SSSR count). The van der Waals surface area contributed by atoms with E-state index in [2.05, 4.69) is 29.1 Å². The summed E-state index contributed by atoms with van der Waals surface area (Å²) in [6, 6.07) is 0.212. The molecule has 0 saturated carbocycles. The molecule has 0 aromatic carbocycles. The Labute approximate surface area is 114 Å². The molecule has 102 valence electrons. The van der Waals surface area contributed by atoms with Crippen molar-refractivity contribution in [3.8, 4) is 0 Å².